The molecule has 0 heterocycles. The highest BCUT2D eigenvalue weighted by Gasteiger charge is 2.39. The summed E-state index contributed by atoms with van der Waals surface area (Å²) in [5, 5.41) is 12.1. The summed E-state index contributed by atoms with van der Waals surface area (Å²) in [6.07, 6.45) is 0. The molecule has 2 aliphatic carbocycles. The second kappa shape index (κ2) is 26.4. The first-order valence-electron chi connectivity index (χ1n) is 39.2. The van der Waals surface area contributed by atoms with Crippen LogP contribution in [0.4, 0.5) is 34.1 Å². The number of fused-ring (bicyclic) bond motifs is 13. The van der Waals surface area contributed by atoms with Crippen LogP contribution in [0.3, 0.4) is 0 Å². The molecule has 528 valence electrons. The van der Waals surface area contributed by atoms with Crippen molar-refractivity contribution in [2.45, 2.75) is 38.5 Å². The van der Waals surface area contributed by atoms with Gasteiger partial charge in [-0.2, -0.15) is 0 Å². The van der Waals surface area contributed by atoms with Gasteiger partial charge >= 0.3 is 0 Å². The third-order valence-electron chi connectivity index (χ3n) is 24.4. The molecule has 112 heavy (non-hydrogen) atoms. The minimum atomic E-state index is -0.279. The second-order valence-electron chi connectivity index (χ2n) is 31.6. The van der Waals surface area contributed by atoms with Crippen LogP contribution in [0.5, 0.6) is 0 Å². The minimum absolute atomic E-state index is 0.234. The van der Waals surface area contributed by atoms with Gasteiger partial charge in [-0.05, 0) is 256 Å². The van der Waals surface area contributed by atoms with Crippen molar-refractivity contribution >= 4 is 88.0 Å². The van der Waals surface area contributed by atoms with E-state index in [1.54, 1.807) is 0 Å². The molecule has 19 aromatic carbocycles. The lowest BCUT2D eigenvalue weighted by Gasteiger charge is -2.31. The maximum Gasteiger partial charge on any atom is 0.0546 e. The predicted octanol–water partition coefficient (Wildman–Crippen LogP) is 30.7. The van der Waals surface area contributed by atoms with Crippen molar-refractivity contribution in [1.29, 1.82) is 0 Å². The Morgan fingerprint density at radius 1 is 0.161 bits per heavy atom. The van der Waals surface area contributed by atoms with E-state index < -0.39 is 0 Å². The maximum atomic E-state index is 2.56. The molecule has 19 aromatic rings. The molecule has 0 unspecified atom stereocenters. The number of benzene rings is 19. The fourth-order valence-electron chi connectivity index (χ4n) is 18.5. The Labute approximate surface area is 654 Å². The van der Waals surface area contributed by atoms with Crippen LogP contribution in [0, 0.1) is 0 Å². The van der Waals surface area contributed by atoms with E-state index in [0.717, 1.165) is 39.7 Å². The maximum absolute atomic E-state index is 2.56. The molecule has 0 saturated carbocycles. The van der Waals surface area contributed by atoms with Gasteiger partial charge < -0.3 is 9.80 Å². The Hall–Kier alpha value is -13.9. The van der Waals surface area contributed by atoms with Crippen LogP contribution in [0.25, 0.3) is 154 Å². The first-order chi connectivity index (χ1) is 55.0. The summed E-state index contributed by atoms with van der Waals surface area (Å²) in [4.78, 5) is 5.00. The van der Waals surface area contributed by atoms with Crippen molar-refractivity contribution in [2.24, 2.45) is 0 Å². The lowest BCUT2D eigenvalue weighted by molar-refractivity contribution is 0.660. The van der Waals surface area contributed by atoms with E-state index in [9.17, 15) is 0 Å². The Kier molecular flexibility index (Phi) is 15.7. The van der Waals surface area contributed by atoms with Crippen LogP contribution in [-0.4, -0.2) is 0 Å². The molecule has 0 aliphatic heterocycles. The van der Waals surface area contributed by atoms with Crippen LogP contribution in [0.2, 0.25) is 0 Å². The average molecular weight is 1430 g/mol. The Bertz CT molecular complexity index is 6970. The number of rotatable bonds is 13. The zero-order chi connectivity index (χ0) is 74.8. The van der Waals surface area contributed by atoms with Crippen molar-refractivity contribution in [3.63, 3.8) is 0 Å². The first kappa shape index (κ1) is 66.3. The van der Waals surface area contributed by atoms with E-state index in [1.165, 1.54) is 171 Å². The molecule has 0 radical (unpaired) electrons. The molecular formula is C110H78N2. The number of anilines is 6. The van der Waals surface area contributed by atoms with E-state index in [0.29, 0.717) is 0 Å². The summed E-state index contributed by atoms with van der Waals surface area (Å²) >= 11 is 0. The molecule has 0 amide bonds. The average Bonchev–Trinajstić information content (AvgIpc) is 1.47. The summed E-state index contributed by atoms with van der Waals surface area (Å²) in [6, 6.07) is 150. The second-order valence-corrected chi connectivity index (χ2v) is 31.6. The standard InChI is InChI=1S/C110H78N2/c1-109(2)103-65-85(76-41-37-74(38-42-76)71-21-7-5-8-22-71)50-57-96(103)98-59-55-91(69-105(98)109)111(90-54-49-73-25-11-12-26-83(73)63-90)89-52-47-78(48-53-89)79-28-19-29-80(61-79)81-30-20-31-82(62-81)84-45-46-88-68-108(101-36-18-16-34-95(101)102(88)64-84)112(107-67-87-27-13-14-32-93(87)94-33-15-17-35-100(94)107)92-56-60-99-97-58-51-86(66-104(97)110(3,4)106(99)70-92)77-43-39-75(40-44-77)72-23-9-6-10-24-72/h5-70H,1-4H3. The van der Waals surface area contributed by atoms with Gasteiger partial charge in [0.2, 0.25) is 0 Å². The molecule has 21 rings (SSSR count). The molecule has 2 nitrogen and oxygen atoms in total. The van der Waals surface area contributed by atoms with E-state index >= 15 is 0 Å². The first-order valence-corrected chi connectivity index (χ1v) is 39.2. The van der Waals surface area contributed by atoms with E-state index in [1.807, 2.05) is 0 Å². The summed E-state index contributed by atoms with van der Waals surface area (Å²) in [5.41, 5.74) is 33.6. The summed E-state index contributed by atoms with van der Waals surface area (Å²) < 4.78 is 0. The van der Waals surface area contributed by atoms with Crippen molar-refractivity contribution in [1.82, 2.24) is 0 Å². The van der Waals surface area contributed by atoms with Crippen molar-refractivity contribution in [3.05, 3.63) is 423 Å². The highest BCUT2D eigenvalue weighted by molar-refractivity contribution is 6.19. The third kappa shape index (κ3) is 11.2. The molecule has 2 heteroatoms. The van der Waals surface area contributed by atoms with Crippen LogP contribution >= 0.6 is 0 Å². The number of hydrogen-bond donors (Lipinski definition) is 0. The van der Waals surface area contributed by atoms with E-state index in [-0.39, 0.29) is 10.8 Å². The molecule has 0 spiro atoms. The van der Waals surface area contributed by atoms with Crippen molar-refractivity contribution in [2.75, 3.05) is 9.80 Å². The van der Waals surface area contributed by atoms with Crippen molar-refractivity contribution < 1.29 is 0 Å². The zero-order valence-electron chi connectivity index (χ0n) is 63.0. The van der Waals surface area contributed by atoms with Crippen molar-refractivity contribution in [3.8, 4) is 100 Å². The van der Waals surface area contributed by atoms with Gasteiger partial charge in [0.25, 0.3) is 0 Å². The van der Waals surface area contributed by atoms with Gasteiger partial charge in [-0.15, -0.1) is 0 Å². The van der Waals surface area contributed by atoms with E-state index in [2.05, 4.69) is 438 Å². The van der Waals surface area contributed by atoms with Gasteiger partial charge in [0, 0.05) is 44.4 Å². The fraction of sp³-hybridized carbons (Fsp3) is 0.0545. The van der Waals surface area contributed by atoms with Crippen LogP contribution < -0.4 is 9.80 Å². The third-order valence-corrected chi connectivity index (χ3v) is 24.4. The molecular weight excluding hydrogens is 1350 g/mol. The van der Waals surface area contributed by atoms with Crippen LogP contribution in [0.15, 0.2) is 400 Å². The van der Waals surface area contributed by atoms with Gasteiger partial charge in [0.05, 0.1) is 11.4 Å². The van der Waals surface area contributed by atoms with Gasteiger partial charge in [-0.25, -0.2) is 0 Å². The highest BCUT2D eigenvalue weighted by atomic mass is 15.2. The number of hydrogen-bond acceptors (Lipinski definition) is 2. The Morgan fingerprint density at radius 3 is 0.964 bits per heavy atom. The molecule has 0 aromatic heterocycles. The number of nitrogens with zero attached hydrogens (tertiary/aromatic N) is 2. The van der Waals surface area contributed by atoms with Gasteiger partial charge in [-0.1, -0.05) is 337 Å². The monoisotopic (exact) mass is 1430 g/mol. The minimum Gasteiger partial charge on any atom is -0.310 e. The molecule has 0 bridgehead atoms. The largest absolute Gasteiger partial charge is 0.310 e. The Morgan fingerprint density at radius 2 is 0.455 bits per heavy atom. The Balaban J connectivity index is 0.602. The predicted molar refractivity (Wildman–Crippen MR) is 477 cm³/mol. The summed E-state index contributed by atoms with van der Waals surface area (Å²) in [7, 11) is 0. The van der Waals surface area contributed by atoms with E-state index in [4.69, 9.17) is 0 Å². The van der Waals surface area contributed by atoms with Crippen LogP contribution in [0.1, 0.15) is 49.9 Å². The van der Waals surface area contributed by atoms with Crippen LogP contribution in [-0.2, 0) is 10.8 Å². The lowest BCUT2D eigenvalue weighted by Crippen LogP contribution is -2.17. The van der Waals surface area contributed by atoms with Gasteiger partial charge in [0.1, 0.15) is 0 Å². The molecule has 2 aliphatic rings. The molecule has 0 N–H and O–H groups in total. The fourth-order valence-corrected chi connectivity index (χ4v) is 18.5. The molecule has 0 atom stereocenters. The molecule has 0 fully saturated rings. The van der Waals surface area contributed by atoms with Gasteiger partial charge in [-0.3, -0.25) is 0 Å². The topological polar surface area (TPSA) is 6.48 Å². The lowest BCUT2D eigenvalue weighted by atomic mass is 9.81. The SMILES string of the molecule is CC1(C)c2cc(-c3ccc(-c4ccccc4)cc3)ccc2-c2ccc(N(c3ccc(-c4cccc(-c5cccc(-c6ccc7cc(N(c8ccc9c(c8)C(C)(C)c8cc(-c%10ccc(-c%11ccccc%11)cc%10)ccc8-9)c8cc9ccccc9c9ccccc89)c8ccccc8c7c6)c5)c4)cc3)c3ccc4ccccc4c3)cc21. The normalized spacial score (nSPS) is 13.0. The van der Waals surface area contributed by atoms with Gasteiger partial charge in [0.15, 0.2) is 0 Å². The summed E-state index contributed by atoms with van der Waals surface area (Å²) in [6.45, 7) is 9.60. The highest BCUT2D eigenvalue weighted by Crippen LogP contribution is 2.56. The quantitative estimate of drug-likeness (QED) is 0.106. The smallest absolute Gasteiger partial charge is 0.0546 e. The zero-order valence-corrected chi connectivity index (χ0v) is 63.0. The molecule has 0 saturated heterocycles. The summed E-state index contributed by atoms with van der Waals surface area (Å²) in [5.74, 6) is 0.